The van der Waals surface area contributed by atoms with Crippen molar-refractivity contribution >= 4 is 40.7 Å². The van der Waals surface area contributed by atoms with Crippen LogP contribution in [0.15, 0.2) is 48.7 Å². The van der Waals surface area contributed by atoms with Gasteiger partial charge in [-0.05, 0) is 56.7 Å². The molecular weight excluding hydrogens is 499 g/mol. The zero-order valence-corrected chi connectivity index (χ0v) is 22.5. The number of fused-ring (bicyclic) bond motifs is 1. The Balaban J connectivity index is 0.000000733. The number of hydrogen-bond donors (Lipinski definition) is 1. The van der Waals surface area contributed by atoms with E-state index < -0.39 is 0 Å². The number of aromatic nitrogens is 1. The average molecular weight is 533 g/mol. The van der Waals surface area contributed by atoms with Crippen LogP contribution in [0.25, 0.3) is 10.9 Å². The van der Waals surface area contributed by atoms with Crippen molar-refractivity contribution in [2.75, 3.05) is 32.4 Å². The number of ketones is 1. The topological polar surface area (TPSA) is 97.9 Å². The van der Waals surface area contributed by atoms with E-state index in [-0.39, 0.29) is 29.6 Å². The van der Waals surface area contributed by atoms with Gasteiger partial charge in [0.25, 0.3) is 12.4 Å². The second-order valence-corrected chi connectivity index (χ2v) is 8.78. The van der Waals surface area contributed by atoms with E-state index in [4.69, 9.17) is 10.6 Å². The molecule has 10 heteroatoms. The Labute approximate surface area is 221 Å². The van der Waals surface area contributed by atoms with Crippen molar-refractivity contribution in [3.8, 4) is 0 Å². The highest BCUT2D eigenvalue weighted by Crippen LogP contribution is 2.25. The minimum Gasteiger partial charge on any atom is -0.471 e. The Morgan fingerprint density at radius 2 is 1.73 bits per heavy atom. The number of carbonyl (C=O) groups excluding carboxylic acids is 3. The van der Waals surface area contributed by atoms with E-state index in [1.165, 1.54) is 37.2 Å². The maximum Gasteiger partial charge on any atom is 0.292 e. The molecule has 1 amide bonds. The van der Waals surface area contributed by atoms with Gasteiger partial charge in [0.15, 0.2) is 5.78 Å². The van der Waals surface area contributed by atoms with Crippen LogP contribution < -0.4 is 5.84 Å². The van der Waals surface area contributed by atoms with E-state index >= 15 is 0 Å². The first-order chi connectivity index (χ1) is 17.7. The smallest absolute Gasteiger partial charge is 0.292 e. The number of nitrogen functional groups attached to an aromatic ring is 1. The number of ether oxygens (including phenoxy) is 1. The first-order valence-electron chi connectivity index (χ1n) is 11.7. The molecule has 2 atom stereocenters. The van der Waals surface area contributed by atoms with Crippen LogP contribution in [-0.4, -0.2) is 71.3 Å². The third-order valence-corrected chi connectivity index (χ3v) is 6.23. The molecule has 0 spiro atoms. The Morgan fingerprint density at radius 1 is 1.11 bits per heavy atom. The number of halogens is 2. The molecule has 2 aromatic carbocycles. The lowest BCUT2D eigenvalue weighted by Crippen LogP contribution is -2.57. The van der Waals surface area contributed by atoms with Gasteiger partial charge in [-0.25, -0.2) is 4.39 Å². The molecule has 1 aliphatic rings. The fourth-order valence-electron chi connectivity index (χ4n) is 4.36. The minimum atomic E-state index is -0.240. The molecular formula is C27H34ClFN4O4. The molecule has 8 nitrogen and oxygen atoms in total. The molecule has 1 saturated heterocycles. The molecule has 1 fully saturated rings. The maximum atomic E-state index is 13.3. The van der Waals surface area contributed by atoms with Gasteiger partial charge >= 0.3 is 0 Å². The van der Waals surface area contributed by atoms with Crippen LogP contribution in [0.3, 0.4) is 0 Å². The maximum absolute atomic E-state index is 13.3. The third kappa shape index (κ3) is 7.30. The number of nitrogens with two attached hydrogens (primary N) is 1. The molecule has 1 unspecified atom stereocenters. The van der Waals surface area contributed by atoms with Gasteiger partial charge in [-0.3, -0.25) is 24.0 Å². The zero-order valence-electron chi connectivity index (χ0n) is 21.8. The second kappa shape index (κ2) is 13.8. The molecule has 0 bridgehead atoms. The number of benzene rings is 2. The summed E-state index contributed by atoms with van der Waals surface area (Å²) < 4.78 is 18.5. The standard InChI is InChI=1S/C24H27FN4O2.C2H4O2.CH3Cl/c1-15-12-28(16(2)11-27(15)13-18-4-7-20(25)8-5-18)24(31)19-6-9-23-21(10-19)22(17(3)30)14-29(23)26;1-4-2-3;1-2/h4-10,14-16H,11-13,26H2,1-3H3;2H,1H3;1H3/t15-,16?;;/m0../s1. The van der Waals surface area contributed by atoms with E-state index in [9.17, 15) is 14.0 Å². The van der Waals surface area contributed by atoms with Gasteiger partial charge < -0.3 is 15.5 Å². The number of rotatable bonds is 5. The van der Waals surface area contributed by atoms with Crippen molar-refractivity contribution in [1.29, 1.82) is 0 Å². The molecule has 200 valence electrons. The summed E-state index contributed by atoms with van der Waals surface area (Å²) in [6.07, 6.45) is 3.07. The predicted octanol–water partition coefficient (Wildman–Crippen LogP) is 4.08. The van der Waals surface area contributed by atoms with Crippen LogP contribution in [0.4, 0.5) is 4.39 Å². The highest BCUT2D eigenvalue weighted by Gasteiger charge is 2.32. The first kappa shape index (κ1) is 29.8. The minimum absolute atomic E-state index is 0.0197. The molecule has 2 N–H and O–H groups in total. The summed E-state index contributed by atoms with van der Waals surface area (Å²) in [6, 6.07) is 12.0. The number of amides is 1. The van der Waals surface area contributed by atoms with Gasteiger partial charge in [-0.1, -0.05) is 12.1 Å². The Kier molecular flexibility index (Phi) is 11.1. The van der Waals surface area contributed by atoms with Crippen LogP contribution in [0, 0.1) is 5.82 Å². The zero-order chi connectivity index (χ0) is 27.7. The summed E-state index contributed by atoms with van der Waals surface area (Å²) in [5.74, 6) is 5.57. The highest BCUT2D eigenvalue weighted by atomic mass is 35.5. The van der Waals surface area contributed by atoms with Crippen LogP contribution in [-0.2, 0) is 16.1 Å². The van der Waals surface area contributed by atoms with E-state index in [1.807, 2.05) is 11.8 Å². The summed E-state index contributed by atoms with van der Waals surface area (Å²) in [4.78, 5) is 38.5. The van der Waals surface area contributed by atoms with Gasteiger partial charge in [0, 0.05) is 60.8 Å². The number of carbonyl (C=O) groups is 3. The van der Waals surface area contributed by atoms with Crippen molar-refractivity contribution in [3.05, 3.63) is 71.2 Å². The number of piperazine rings is 1. The first-order valence-corrected chi connectivity index (χ1v) is 12.5. The van der Waals surface area contributed by atoms with Gasteiger partial charge in [0.1, 0.15) is 5.82 Å². The molecule has 1 aliphatic heterocycles. The number of hydrogen-bond acceptors (Lipinski definition) is 6. The number of Topliss-reactive ketones (excluding diaryl/α,β-unsaturated/α-hetero) is 1. The lowest BCUT2D eigenvalue weighted by Gasteiger charge is -2.44. The van der Waals surface area contributed by atoms with Gasteiger partial charge in [0.2, 0.25) is 0 Å². The lowest BCUT2D eigenvalue weighted by molar-refractivity contribution is -0.126. The SMILES string of the molecule is CC(=O)c1cn(N)c2ccc(C(=O)N3C[C@H](C)N(Cc4ccc(F)cc4)CC3C)cc12.CCl.COC=O. The van der Waals surface area contributed by atoms with Crippen LogP contribution >= 0.6 is 11.6 Å². The molecule has 0 radical (unpaired) electrons. The highest BCUT2D eigenvalue weighted by molar-refractivity contribution is 6.15. The number of alkyl halides is 1. The molecule has 1 aromatic heterocycles. The molecule has 2 heterocycles. The Bertz CT molecular complexity index is 1220. The molecule has 4 rings (SSSR count). The van der Waals surface area contributed by atoms with Gasteiger partial charge in [-0.15, -0.1) is 11.6 Å². The summed E-state index contributed by atoms with van der Waals surface area (Å²) in [5, 5.41) is 0.691. The van der Waals surface area contributed by atoms with Crippen LogP contribution in [0.5, 0.6) is 0 Å². The fraction of sp³-hybridized carbons (Fsp3) is 0.370. The Morgan fingerprint density at radius 3 is 2.30 bits per heavy atom. The van der Waals surface area contributed by atoms with Gasteiger partial charge in [-0.2, -0.15) is 0 Å². The van der Waals surface area contributed by atoms with Crippen molar-refractivity contribution in [3.63, 3.8) is 0 Å². The van der Waals surface area contributed by atoms with E-state index in [2.05, 4.69) is 28.2 Å². The third-order valence-electron chi connectivity index (χ3n) is 6.23. The van der Waals surface area contributed by atoms with Crippen LogP contribution in [0.2, 0.25) is 0 Å². The van der Waals surface area contributed by atoms with Crippen molar-refractivity contribution < 1.29 is 23.5 Å². The molecule has 37 heavy (non-hydrogen) atoms. The van der Waals surface area contributed by atoms with E-state index in [1.54, 1.807) is 36.5 Å². The second-order valence-electron chi connectivity index (χ2n) is 8.78. The van der Waals surface area contributed by atoms with Crippen molar-refractivity contribution in [1.82, 2.24) is 14.5 Å². The lowest BCUT2D eigenvalue weighted by atomic mass is 10.0. The van der Waals surface area contributed by atoms with Crippen molar-refractivity contribution in [2.45, 2.75) is 39.4 Å². The summed E-state index contributed by atoms with van der Waals surface area (Å²) in [5.41, 5.74) is 2.82. The Hall–Kier alpha value is -3.43. The fourth-order valence-corrected chi connectivity index (χ4v) is 4.36. The summed E-state index contributed by atoms with van der Waals surface area (Å²) >= 11 is 4.64. The van der Waals surface area contributed by atoms with E-state index in [0.29, 0.717) is 41.6 Å². The number of nitrogens with zero attached hydrogens (tertiary/aromatic N) is 3. The molecule has 3 aromatic rings. The monoisotopic (exact) mass is 532 g/mol. The summed E-state index contributed by atoms with van der Waals surface area (Å²) in [7, 11) is 1.31. The average Bonchev–Trinajstić information content (AvgIpc) is 3.24. The molecule has 0 aliphatic carbocycles. The van der Waals surface area contributed by atoms with Crippen molar-refractivity contribution in [2.24, 2.45) is 0 Å². The largest absolute Gasteiger partial charge is 0.471 e. The van der Waals surface area contributed by atoms with Crippen LogP contribution in [0.1, 0.15) is 47.1 Å². The quantitative estimate of drug-likeness (QED) is 0.230. The number of methoxy groups -OCH3 is 1. The predicted molar refractivity (Wildman–Crippen MR) is 144 cm³/mol. The summed E-state index contributed by atoms with van der Waals surface area (Å²) in [6.45, 7) is 8.04. The normalized spacial score (nSPS) is 17.2. The molecule has 0 saturated carbocycles. The van der Waals surface area contributed by atoms with Gasteiger partial charge in [0.05, 0.1) is 12.6 Å². The van der Waals surface area contributed by atoms with E-state index in [0.717, 1.165) is 12.1 Å².